The lowest BCUT2D eigenvalue weighted by Crippen LogP contribution is -2.29. The molecule has 2 saturated carbocycles. The van der Waals surface area contributed by atoms with Crippen LogP contribution in [0.2, 0.25) is 0 Å². The van der Waals surface area contributed by atoms with Crippen LogP contribution in [0.1, 0.15) is 55.6 Å². The second-order valence-corrected chi connectivity index (χ2v) is 13.3. The molecule has 3 N–H and O–H groups in total. The molecule has 6 aromatic rings. The van der Waals surface area contributed by atoms with E-state index in [1.165, 1.54) is 12.1 Å². The van der Waals surface area contributed by atoms with E-state index in [4.69, 9.17) is 0 Å². The fraction of sp³-hybridized carbons (Fsp3) is 0.231. The molecule has 268 valence electrons. The molecule has 2 aromatic carbocycles. The lowest BCUT2D eigenvalue weighted by atomic mass is 9.94. The van der Waals surface area contributed by atoms with Gasteiger partial charge in [0.2, 0.25) is 11.8 Å². The molecule has 2 aliphatic rings. The van der Waals surface area contributed by atoms with Crippen LogP contribution in [0.5, 0.6) is 0 Å². The Kier molecular flexibility index (Phi) is 11.7. The van der Waals surface area contributed by atoms with Gasteiger partial charge in [0.1, 0.15) is 17.5 Å². The van der Waals surface area contributed by atoms with Crippen molar-refractivity contribution in [2.45, 2.75) is 57.8 Å². The van der Waals surface area contributed by atoms with E-state index < -0.39 is 10.8 Å². The Bertz CT molecular complexity index is 2090. The normalized spacial score (nSPS) is 14.2. The molecule has 2 fully saturated rings. The van der Waals surface area contributed by atoms with Crippen LogP contribution in [0.25, 0.3) is 5.69 Å². The highest BCUT2D eigenvalue weighted by Gasteiger charge is 2.53. The van der Waals surface area contributed by atoms with E-state index in [9.17, 15) is 18.4 Å². The Morgan fingerprint density at radius 2 is 1.31 bits per heavy atom. The summed E-state index contributed by atoms with van der Waals surface area (Å²) in [7, 11) is 0. The number of rotatable bonds is 7. The number of anilines is 2. The van der Waals surface area contributed by atoms with Gasteiger partial charge in [-0.1, -0.05) is 43.8 Å². The first-order valence-corrected chi connectivity index (χ1v) is 17.1. The van der Waals surface area contributed by atoms with Crippen LogP contribution in [0.4, 0.5) is 20.4 Å². The Labute approximate surface area is 309 Å². The molecule has 0 aliphatic heterocycles. The summed E-state index contributed by atoms with van der Waals surface area (Å²) >= 11 is 3.28. The summed E-state index contributed by atoms with van der Waals surface area (Å²) < 4.78 is 30.5. The number of benzene rings is 2. The van der Waals surface area contributed by atoms with Gasteiger partial charge in [-0.3, -0.25) is 24.7 Å². The molecule has 0 unspecified atom stereocenters. The SMILES string of the molecule is C.Cc1ccc(-n2ccc(NC(=O)C3(c4ccccc4F)CC3)n2)cn1.Cc1ccc(Br)cn1.O=C(Nc1ccn[nH]1)C1(c2ccccc2F)CC1. The summed E-state index contributed by atoms with van der Waals surface area (Å²) in [5.74, 6) is -0.0984. The molecule has 52 heavy (non-hydrogen) atoms. The van der Waals surface area contributed by atoms with Crippen molar-refractivity contribution in [3.63, 3.8) is 0 Å². The van der Waals surface area contributed by atoms with Gasteiger partial charge in [-0.05, 0) is 91.9 Å². The molecule has 13 heteroatoms. The number of carbonyl (C=O) groups excluding carboxylic acids is 2. The van der Waals surface area contributed by atoms with Crippen LogP contribution in [0.15, 0.2) is 114 Å². The van der Waals surface area contributed by atoms with Gasteiger partial charge in [0.25, 0.3) is 0 Å². The number of nitrogens with zero attached hydrogens (tertiary/aromatic N) is 5. The molecule has 0 saturated heterocycles. The number of hydrogen-bond acceptors (Lipinski definition) is 6. The van der Waals surface area contributed by atoms with Gasteiger partial charge in [-0.25, -0.2) is 13.5 Å². The van der Waals surface area contributed by atoms with Gasteiger partial charge in [0.15, 0.2) is 5.82 Å². The average molecular weight is 770 g/mol. The maximum Gasteiger partial charge on any atom is 0.236 e. The highest BCUT2D eigenvalue weighted by atomic mass is 79.9. The zero-order chi connectivity index (χ0) is 36.0. The smallest absolute Gasteiger partial charge is 0.236 e. The van der Waals surface area contributed by atoms with E-state index in [0.29, 0.717) is 48.4 Å². The maximum atomic E-state index is 14.1. The molecule has 2 amide bonds. The van der Waals surface area contributed by atoms with E-state index in [2.05, 4.69) is 51.8 Å². The summed E-state index contributed by atoms with van der Waals surface area (Å²) in [4.78, 5) is 33.2. The van der Waals surface area contributed by atoms with Crippen LogP contribution in [0, 0.1) is 25.5 Å². The highest BCUT2D eigenvalue weighted by Crippen LogP contribution is 2.50. The molecule has 2 aliphatic carbocycles. The number of halogens is 3. The number of carbonyl (C=O) groups is 2. The summed E-state index contributed by atoms with van der Waals surface area (Å²) in [5, 5.41) is 16.3. The molecule has 10 nitrogen and oxygen atoms in total. The summed E-state index contributed by atoms with van der Waals surface area (Å²) in [6, 6.07) is 24.0. The van der Waals surface area contributed by atoms with Gasteiger partial charge >= 0.3 is 0 Å². The van der Waals surface area contributed by atoms with Crippen molar-refractivity contribution >= 4 is 39.4 Å². The Morgan fingerprint density at radius 1 is 0.750 bits per heavy atom. The van der Waals surface area contributed by atoms with Crippen molar-refractivity contribution in [1.82, 2.24) is 29.9 Å². The molecule has 4 heterocycles. The fourth-order valence-corrected chi connectivity index (χ4v) is 5.80. The van der Waals surface area contributed by atoms with Crippen molar-refractivity contribution < 1.29 is 18.4 Å². The molecule has 0 spiro atoms. The molecule has 4 aromatic heterocycles. The zero-order valence-electron chi connectivity index (χ0n) is 27.9. The van der Waals surface area contributed by atoms with Crippen LogP contribution in [0.3, 0.4) is 0 Å². The zero-order valence-corrected chi connectivity index (χ0v) is 29.5. The first kappa shape index (κ1) is 37.7. The average Bonchev–Trinajstić information content (AvgIpc) is 4.01. The number of H-pyrrole nitrogens is 1. The van der Waals surface area contributed by atoms with Crippen molar-refractivity contribution in [3.05, 3.63) is 148 Å². The van der Waals surface area contributed by atoms with Gasteiger partial charge in [-0.2, -0.15) is 10.2 Å². The number of pyridine rings is 2. The summed E-state index contributed by atoms with van der Waals surface area (Å²) in [5.41, 5.74) is 2.22. The third kappa shape index (κ3) is 8.65. The molecule has 0 atom stereocenters. The Balaban J connectivity index is 0.000000169. The standard InChI is InChI=1S/C19H17FN4O.C13H12FN3O.C6H6BrN.CH4/c1-13-6-7-14(12-21-13)24-11-8-17(23-24)22-18(25)19(9-10-19)15-4-2-3-5-16(15)20;14-10-4-2-1-3-9(10)13(6-7-13)12(18)16-11-5-8-15-17-11;1-5-2-3-6(7)4-8-5;/h2-8,11-12H,9-10H2,1H3,(H,22,23,25);1-5,8H,6-7H2,(H2,15,16,17,18);2-4H,1H3;1H4. The largest absolute Gasteiger partial charge is 0.310 e. The van der Waals surface area contributed by atoms with Crippen LogP contribution in [-0.4, -0.2) is 41.8 Å². The molecule has 8 rings (SSSR count). The van der Waals surface area contributed by atoms with Gasteiger partial charge in [0.05, 0.1) is 28.9 Å². The van der Waals surface area contributed by atoms with Gasteiger partial charge in [-0.15, -0.1) is 0 Å². The van der Waals surface area contributed by atoms with Crippen LogP contribution >= 0.6 is 15.9 Å². The van der Waals surface area contributed by atoms with Crippen molar-refractivity contribution in [2.75, 3.05) is 10.6 Å². The second-order valence-electron chi connectivity index (χ2n) is 12.4. The summed E-state index contributed by atoms with van der Waals surface area (Å²) in [6.45, 7) is 3.88. The number of hydrogen-bond donors (Lipinski definition) is 3. The minimum absolute atomic E-state index is 0. The molecule has 0 bridgehead atoms. The van der Waals surface area contributed by atoms with E-state index >= 15 is 0 Å². The van der Waals surface area contributed by atoms with E-state index in [1.807, 2.05) is 38.1 Å². The molecular formula is C39H39BrF2N8O2. The predicted molar refractivity (Wildman–Crippen MR) is 200 cm³/mol. The van der Waals surface area contributed by atoms with Gasteiger partial charge in [0, 0.05) is 51.5 Å². The minimum Gasteiger partial charge on any atom is -0.310 e. The predicted octanol–water partition coefficient (Wildman–Crippen LogP) is 8.39. The maximum absolute atomic E-state index is 14.1. The van der Waals surface area contributed by atoms with E-state index in [0.717, 1.165) is 21.5 Å². The number of aryl methyl sites for hydroxylation is 2. The van der Waals surface area contributed by atoms with Crippen molar-refractivity contribution in [2.24, 2.45) is 0 Å². The first-order chi connectivity index (χ1) is 24.6. The minimum atomic E-state index is -0.777. The number of aromatic nitrogens is 6. The van der Waals surface area contributed by atoms with Gasteiger partial charge < -0.3 is 10.6 Å². The van der Waals surface area contributed by atoms with Crippen LogP contribution in [-0.2, 0) is 20.4 Å². The van der Waals surface area contributed by atoms with Crippen molar-refractivity contribution in [1.29, 1.82) is 0 Å². The first-order valence-electron chi connectivity index (χ1n) is 16.3. The second kappa shape index (κ2) is 16.2. The highest BCUT2D eigenvalue weighted by molar-refractivity contribution is 9.10. The third-order valence-corrected chi connectivity index (χ3v) is 9.23. The lowest BCUT2D eigenvalue weighted by molar-refractivity contribution is -0.119. The van der Waals surface area contributed by atoms with E-state index in [1.54, 1.807) is 78.0 Å². The summed E-state index contributed by atoms with van der Waals surface area (Å²) in [6.07, 6.45) is 9.44. The third-order valence-electron chi connectivity index (χ3n) is 8.76. The lowest BCUT2D eigenvalue weighted by Gasteiger charge is -2.15. The number of nitrogens with one attached hydrogen (secondary N) is 3. The monoisotopic (exact) mass is 768 g/mol. The molecular weight excluding hydrogens is 730 g/mol. The topological polar surface area (TPSA) is 130 Å². The Morgan fingerprint density at radius 3 is 1.77 bits per heavy atom. The Hall–Kier alpha value is -5.56. The number of aromatic amines is 1. The molecule has 0 radical (unpaired) electrons. The quantitative estimate of drug-likeness (QED) is 0.150. The number of amides is 2. The fourth-order valence-electron chi connectivity index (χ4n) is 5.57. The van der Waals surface area contributed by atoms with Crippen LogP contribution < -0.4 is 10.6 Å². The van der Waals surface area contributed by atoms with E-state index in [-0.39, 0.29) is 30.9 Å². The van der Waals surface area contributed by atoms with Crippen molar-refractivity contribution in [3.8, 4) is 5.69 Å².